The van der Waals surface area contributed by atoms with Crippen molar-refractivity contribution in [1.29, 1.82) is 0 Å². The average molecular weight is 468 g/mol. The van der Waals surface area contributed by atoms with Gasteiger partial charge in [-0.25, -0.2) is 0 Å². The molecule has 2 rings (SSSR count). The average Bonchev–Trinajstić information content (AvgIpc) is 2.47. The number of rotatable bonds is 0. The summed E-state index contributed by atoms with van der Waals surface area (Å²) in [5.41, 5.74) is 0.638. The zero-order chi connectivity index (χ0) is 11.3. The minimum atomic E-state index is -0.420. The molecule has 15 heavy (non-hydrogen) atoms. The normalized spacial score (nSPS) is 14.1. The summed E-state index contributed by atoms with van der Waals surface area (Å²) in [6.45, 7) is 0. The highest BCUT2D eigenvalue weighted by molar-refractivity contribution is 14.1. The topological polar surface area (TPSA) is 46.2 Å². The van der Waals surface area contributed by atoms with Crippen molar-refractivity contribution < 1.29 is 9.59 Å². The van der Waals surface area contributed by atoms with Crippen LogP contribution < -0.4 is 5.32 Å². The van der Waals surface area contributed by atoms with Gasteiger partial charge in [-0.1, -0.05) is 23.2 Å². The Morgan fingerprint density at radius 1 is 0.867 bits per heavy atom. The van der Waals surface area contributed by atoms with E-state index in [-0.39, 0.29) is 0 Å². The summed E-state index contributed by atoms with van der Waals surface area (Å²) in [7, 11) is 0. The van der Waals surface area contributed by atoms with Crippen molar-refractivity contribution in [2.75, 3.05) is 0 Å². The van der Waals surface area contributed by atoms with Crippen molar-refractivity contribution in [3.05, 3.63) is 28.3 Å². The summed E-state index contributed by atoms with van der Waals surface area (Å²) in [6, 6.07) is 0. The van der Waals surface area contributed by atoms with Crippen LogP contribution in [0.2, 0.25) is 10.0 Å². The van der Waals surface area contributed by atoms with Gasteiger partial charge in [0, 0.05) is 7.14 Å². The molecule has 7 heteroatoms. The molecule has 1 aromatic carbocycles. The molecule has 0 atom stereocenters. The molecule has 0 radical (unpaired) electrons. The Hall–Kier alpha value is 0.400. The van der Waals surface area contributed by atoms with Crippen molar-refractivity contribution in [3.63, 3.8) is 0 Å². The molecule has 0 fully saturated rings. The maximum absolute atomic E-state index is 11.5. The van der Waals surface area contributed by atoms with E-state index in [4.69, 9.17) is 23.2 Å². The molecule has 1 aliphatic heterocycles. The van der Waals surface area contributed by atoms with Crippen molar-refractivity contribution in [1.82, 2.24) is 5.32 Å². The van der Waals surface area contributed by atoms with E-state index in [0.29, 0.717) is 28.3 Å². The third-order valence-electron chi connectivity index (χ3n) is 1.95. The quantitative estimate of drug-likeness (QED) is 0.276. The molecule has 0 aliphatic carbocycles. The Kier molecular flexibility index (Phi) is 3.17. The van der Waals surface area contributed by atoms with Crippen molar-refractivity contribution in [2.45, 2.75) is 0 Å². The largest absolute Gasteiger partial charge is 0.288 e. The monoisotopic (exact) mass is 467 g/mol. The lowest BCUT2D eigenvalue weighted by Crippen LogP contribution is -2.20. The molecule has 3 nitrogen and oxygen atoms in total. The second-order valence-electron chi connectivity index (χ2n) is 2.79. The Morgan fingerprint density at radius 3 is 1.53 bits per heavy atom. The molecule has 78 valence electrons. The Bertz CT molecular complexity index is 471. The summed E-state index contributed by atoms with van der Waals surface area (Å²) in [4.78, 5) is 22.9. The predicted octanol–water partition coefficient (Wildman–Crippen LogP) is 3.09. The van der Waals surface area contributed by atoms with Gasteiger partial charge in [-0.2, -0.15) is 0 Å². The van der Waals surface area contributed by atoms with E-state index in [1.807, 2.05) is 45.2 Å². The van der Waals surface area contributed by atoms with Gasteiger partial charge < -0.3 is 0 Å². The summed E-state index contributed by atoms with van der Waals surface area (Å²) in [6.07, 6.45) is 0. The highest BCUT2D eigenvalue weighted by Gasteiger charge is 2.34. The van der Waals surface area contributed by atoms with Gasteiger partial charge in [-0.15, -0.1) is 0 Å². The third kappa shape index (κ3) is 1.67. The number of benzene rings is 1. The minimum Gasteiger partial charge on any atom is -0.288 e. The molecule has 0 aromatic heterocycles. The highest BCUT2D eigenvalue weighted by atomic mass is 127. The Labute approximate surface area is 122 Å². The first-order valence-corrected chi connectivity index (χ1v) is 6.58. The Morgan fingerprint density at radius 2 is 1.20 bits per heavy atom. The summed E-state index contributed by atoms with van der Waals surface area (Å²) in [5.74, 6) is -0.841. The van der Waals surface area contributed by atoms with Crippen molar-refractivity contribution in [3.8, 4) is 0 Å². The number of fused-ring (bicyclic) bond motifs is 1. The molecule has 0 spiro atoms. The van der Waals surface area contributed by atoms with E-state index in [0.717, 1.165) is 0 Å². The first kappa shape index (κ1) is 11.9. The standard InChI is InChI=1S/C8HCl2I2NO2/c9-3-4(10)6(12)2-1(5(3)11)7(14)13-8(2)15/h(H,13,14,15). The fourth-order valence-corrected chi connectivity index (χ4v) is 3.55. The van der Waals surface area contributed by atoms with Gasteiger partial charge in [0.15, 0.2) is 0 Å². The van der Waals surface area contributed by atoms with Gasteiger partial charge in [-0.3, -0.25) is 14.9 Å². The molecule has 0 unspecified atom stereocenters. The number of nitrogens with one attached hydrogen (secondary N) is 1. The maximum Gasteiger partial charge on any atom is 0.260 e. The number of hydrogen-bond acceptors (Lipinski definition) is 2. The molecule has 0 saturated carbocycles. The molecule has 1 aromatic rings. The van der Waals surface area contributed by atoms with E-state index in [1.54, 1.807) is 0 Å². The van der Waals surface area contributed by atoms with Crippen LogP contribution in [0.3, 0.4) is 0 Å². The zero-order valence-electron chi connectivity index (χ0n) is 6.83. The number of halogens is 4. The van der Waals surface area contributed by atoms with Crippen LogP contribution in [0.1, 0.15) is 20.7 Å². The van der Waals surface area contributed by atoms with E-state index in [9.17, 15) is 9.59 Å². The summed E-state index contributed by atoms with van der Waals surface area (Å²) < 4.78 is 1.02. The maximum atomic E-state index is 11.5. The van der Waals surface area contributed by atoms with Crippen LogP contribution in [0.15, 0.2) is 0 Å². The van der Waals surface area contributed by atoms with Crippen molar-refractivity contribution in [2.24, 2.45) is 0 Å². The number of imide groups is 1. The fourth-order valence-electron chi connectivity index (χ4n) is 1.29. The van der Waals surface area contributed by atoms with Gasteiger partial charge in [0.25, 0.3) is 11.8 Å². The number of amides is 2. The SMILES string of the molecule is O=C1NC(=O)c2c(I)c(Cl)c(Cl)c(I)c21. The van der Waals surface area contributed by atoms with Crippen LogP contribution >= 0.6 is 68.4 Å². The van der Waals surface area contributed by atoms with E-state index in [1.165, 1.54) is 0 Å². The van der Waals surface area contributed by atoms with Gasteiger partial charge in [0.05, 0.1) is 21.2 Å². The molecule has 1 aliphatic rings. The summed E-state index contributed by atoms with van der Waals surface area (Å²) in [5, 5.41) is 2.83. The van der Waals surface area contributed by atoms with E-state index in [2.05, 4.69) is 5.32 Å². The number of carbonyl (C=O) groups is 2. The van der Waals surface area contributed by atoms with Gasteiger partial charge in [-0.05, 0) is 45.2 Å². The van der Waals surface area contributed by atoms with Gasteiger partial charge >= 0.3 is 0 Å². The van der Waals surface area contributed by atoms with Crippen LogP contribution in [-0.4, -0.2) is 11.8 Å². The van der Waals surface area contributed by atoms with Crippen molar-refractivity contribution >= 4 is 80.2 Å². The Balaban J connectivity index is 2.92. The first-order valence-electron chi connectivity index (χ1n) is 3.66. The van der Waals surface area contributed by atoms with E-state index < -0.39 is 11.8 Å². The van der Waals surface area contributed by atoms with Crippen LogP contribution in [0.5, 0.6) is 0 Å². The van der Waals surface area contributed by atoms with E-state index >= 15 is 0 Å². The minimum absolute atomic E-state index is 0.310. The van der Waals surface area contributed by atoms with Crippen LogP contribution in [0.4, 0.5) is 0 Å². The third-order valence-corrected chi connectivity index (χ3v) is 5.60. The molecule has 1 heterocycles. The van der Waals surface area contributed by atoms with Crippen LogP contribution in [0.25, 0.3) is 0 Å². The highest BCUT2D eigenvalue weighted by Crippen LogP contribution is 2.38. The number of hydrogen-bond donors (Lipinski definition) is 1. The lowest BCUT2D eigenvalue weighted by Gasteiger charge is -2.06. The van der Waals surface area contributed by atoms with Gasteiger partial charge in [0.2, 0.25) is 0 Å². The molecule has 0 bridgehead atoms. The molecule has 1 N–H and O–H groups in total. The zero-order valence-corrected chi connectivity index (χ0v) is 12.7. The molecular weight excluding hydrogens is 467 g/mol. The first-order chi connectivity index (χ1) is 6.95. The van der Waals surface area contributed by atoms with Crippen LogP contribution in [-0.2, 0) is 0 Å². The second kappa shape index (κ2) is 4.01. The molecular formula is C8HCl2I2NO2. The number of carbonyl (C=O) groups excluding carboxylic acids is 2. The lowest BCUT2D eigenvalue weighted by atomic mass is 10.1. The predicted molar refractivity (Wildman–Crippen MR) is 73.7 cm³/mol. The second-order valence-corrected chi connectivity index (χ2v) is 5.70. The van der Waals surface area contributed by atoms with Gasteiger partial charge in [0.1, 0.15) is 0 Å². The molecule has 2 amide bonds. The smallest absolute Gasteiger partial charge is 0.260 e. The summed E-state index contributed by atoms with van der Waals surface area (Å²) >= 11 is 15.7. The fraction of sp³-hybridized carbons (Fsp3) is 0. The lowest BCUT2D eigenvalue weighted by molar-refractivity contribution is 0.0879. The molecule has 0 saturated heterocycles. The van der Waals surface area contributed by atoms with Crippen LogP contribution in [0, 0.1) is 7.14 Å².